The number of para-hydroxylation sites is 1. The number of esters is 1. The molecule has 1 heterocycles. The van der Waals surface area contributed by atoms with Crippen molar-refractivity contribution in [3.05, 3.63) is 29.3 Å². The summed E-state index contributed by atoms with van der Waals surface area (Å²) in [6, 6.07) is 5.64. The van der Waals surface area contributed by atoms with Crippen LogP contribution >= 0.6 is 31.9 Å². The second-order valence-electron chi connectivity index (χ2n) is 8.24. The summed E-state index contributed by atoms with van der Waals surface area (Å²) in [7, 11) is 0. The molecular weight excluding hydrogens is 520 g/mol. The molecule has 1 N–H and O–H groups in total. The van der Waals surface area contributed by atoms with Crippen LogP contribution in [-0.4, -0.2) is 51.4 Å². The van der Waals surface area contributed by atoms with Crippen LogP contribution in [0.4, 0.5) is 5.69 Å². The third kappa shape index (κ3) is 3.49. The van der Waals surface area contributed by atoms with Crippen LogP contribution in [0.5, 0.6) is 0 Å². The molecule has 1 aliphatic heterocycles. The van der Waals surface area contributed by atoms with Crippen LogP contribution in [0.2, 0.25) is 0 Å². The van der Waals surface area contributed by atoms with Gasteiger partial charge in [0.2, 0.25) is 11.8 Å². The summed E-state index contributed by atoms with van der Waals surface area (Å²) in [4.78, 5) is 51.3. The first kappa shape index (κ1) is 21.5. The minimum atomic E-state index is -0.772. The van der Waals surface area contributed by atoms with E-state index in [1.165, 1.54) is 0 Å². The number of hydrogen-bond donors (Lipinski definition) is 1. The van der Waals surface area contributed by atoms with E-state index in [1.807, 2.05) is 32.0 Å². The number of amides is 3. The fourth-order valence-corrected chi connectivity index (χ4v) is 6.95. The van der Waals surface area contributed by atoms with Crippen molar-refractivity contribution >= 4 is 61.2 Å². The van der Waals surface area contributed by atoms with Crippen molar-refractivity contribution in [3.8, 4) is 0 Å². The Morgan fingerprint density at radius 2 is 1.60 bits per heavy atom. The van der Waals surface area contributed by atoms with Gasteiger partial charge in [0.25, 0.3) is 5.91 Å². The zero-order chi connectivity index (χ0) is 21.7. The van der Waals surface area contributed by atoms with Gasteiger partial charge in [0.05, 0.1) is 11.8 Å². The van der Waals surface area contributed by atoms with Gasteiger partial charge < -0.3 is 10.1 Å². The molecule has 1 aromatic carbocycles. The molecule has 1 aromatic rings. The minimum Gasteiger partial charge on any atom is -0.454 e. The predicted octanol–water partition coefficient (Wildman–Crippen LogP) is 2.56. The number of hydrogen-bond acceptors (Lipinski definition) is 5. The molecule has 7 nitrogen and oxygen atoms in total. The predicted molar refractivity (Wildman–Crippen MR) is 116 cm³/mol. The lowest BCUT2D eigenvalue weighted by atomic mass is 9.81. The van der Waals surface area contributed by atoms with Crippen molar-refractivity contribution in [2.24, 2.45) is 23.7 Å². The van der Waals surface area contributed by atoms with Crippen LogP contribution in [0.25, 0.3) is 0 Å². The largest absolute Gasteiger partial charge is 0.454 e. The molecular formula is C21H22Br2N2O5. The maximum atomic E-state index is 12.8. The molecule has 3 fully saturated rings. The fourth-order valence-electron chi connectivity index (χ4n) is 5.07. The molecule has 0 radical (unpaired) electrons. The van der Waals surface area contributed by atoms with Crippen LogP contribution < -0.4 is 5.32 Å². The van der Waals surface area contributed by atoms with E-state index < -0.39 is 25.0 Å². The summed E-state index contributed by atoms with van der Waals surface area (Å²) < 4.78 is 5.03. The molecule has 4 rings (SSSR count). The number of ether oxygens (including phenoxy) is 1. The summed E-state index contributed by atoms with van der Waals surface area (Å²) in [6.45, 7) is 2.81. The van der Waals surface area contributed by atoms with Crippen LogP contribution in [0, 0.1) is 37.5 Å². The maximum absolute atomic E-state index is 12.8. The highest BCUT2D eigenvalue weighted by Gasteiger charge is 2.66. The molecule has 1 saturated heterocycles. The Bertz CT molecular complexity index is 884. The minimum absolute atomic E-state index is 0.0879. The second-order valence-corrected chi connectivity index (χ2v) is 10.4. The molecule has 160 valence electrons. The molecule has 3 aliphatic rings. The number of anilines is 1. The lowest BCUT2D eigenvalue weighted by molar-refractivity contribution is -0.154. The second kappa shape index (κ2) is 8.07. The van der Waals surface area contributed by atoms with Crippen molar-refractivity contribution in [1.29, 1.82) is 0 Å². The van der Waals surface area contributed by atoms with Crippen LogP contribution in [0.3, 0.4) is 0 Å². The van der Waals surface area contributed by atoms with E-state index in [0.29, 0.717) is 5.69 Å². The molecule has 2 aliphatic carbocycles. The maximum Gasteiger partial charge on any atom is 0.326 e. The third-order valence-corrected chi connectivity index (χ3v) is 9.68. The first-order valence-electron chi connectivity index (χ1n) is 9.85. The van der Waals surface area contributed by atoms with E-state index in [0.717, 1.165) is 22.4 Å². The van der Waals surface area contributed by atoms with Crippen molar-refractivity contribution in [1.82, 2.24) is 4.90 Å². The standard InChI is InChI=1S/C21H22Br2N2O5/c1-9-4-3-5-10(2)19(9)24-13(26)8-30-14(27)7-25-20(28)15-11-6-12(16(15)21(25)29)18(23)17(11)22/h3-5,11-12,15-18H,6-8H2,1-2H3,(H,24,26)/t11-,12-,15-,16-,17-,18+/m1/s1. The Morgan fingerprint density at radius 3 is 2.13 bits per heavy atom. The number of rotatable bonds is 5. The Labute approximate surface area is 191 Å². The zero-order valence-electron chi connectivity index (χ0n) is 16.6. The number of aryl methyl sites for hydroxylation is 2. The van der Waals surface area contributed by atoms with Gasteiger partial charge in [-0.3, -0.25) is 24.1 Å². The zero-order valence-corrected chi connectivity index (χ0v) is 19.7. The SMILES string of the molecule is Cc1cccc(C)c1NC(=O)COC(=O)CN1C(=O)[C@@H]2[C@H]3C[C@@H]([C@@H](Br)[C@H]3Br)[C@H]2C1=O. The number of benzene rings is 1. The highest BCUT2D eigenvalue weighted by Crippen LogP contribution is 2.60. The van der Waals surface area contributed by atoms with Gasteiger partial charge in [-0.15, -0.1) is 0 Å². The van der Waals surface area contributed by atoms with Gasteiger partial charge in [-0.1, -0.05) is 50.1 Å². The monoisotopic (exact) mass is 540 g/mol. The highest BCUT2D eigenvalue weighted by atomic mass is 79.9. The van der Waals surface area contributed by atoms with E-state index in [4.69, 9.17) is 4.74 Å². The molecule has 3 amide bonds. The van der Waals surface area contributed by atoms with E-state index >= 15 is 0 Å². The lowest BCUT2D eigenvalue weighted by Gasteiger charge is -2.28. The molecule has 30 heavy (non-hydrogen) atoms. The van der Waals surface area contributed by atoms with Crippen molar-refractivity contribution in [3.63, 3.8) is 0 Å². The van der Waals surface area contributed by atoms with Gasteiger partial charge in [0, 0.05) is 15.3 Å². The summed E-state index contributed by atoms with van der Waals surface area (Å²) in [5, 5.41) is 2.73. The number of halogens is 2. The Morgan fingerprint density at radius 1 is 1.07 bits per heavy atom. The molecule has 2 bridgehead atoms. The van der Waals surface area contributed by atoms with Crippen molar-refractivity contribution in [2.75, 3.05) is 18.5 Å². The molecule has 6 atom stereocenters. The summed E-state index contributed by atoms with van der Waals surface area (Å²) in [6.07, 6.45) is 0.829. The summed E-state index contributed by atoms with van der Waals surface area (Å²) >= 11 is 7.26. The van der Waals surface area contributed by atoms with E-state index in [1.54, 1.807) is 0 Å². The van der Waals surface area contributed by atoms with E-state index in [2.05, 4.69) is 37.2 Å². The normalized spacial score (nSPS) is 31.8. The first-order valence-corrected chi connectivity index (χ1v) is 11.7. The molecule has 2 saturated carbocycles. The quantitative estimate of drug-likeness (QED) is 0.351. The van der Waals surface area contributed by atoms with Crippen molar-refractivity contribution < 1.29 is 23.9 Å². The van der Waals surface area contributed by atoms with E-state index in [9.17, 15) is 19.2 Å². The third-order valence-electron chi connectivity index (χ3n) is 6.48. The Kier molecular flexibility index (Phi) is 5.78. The molecule has 0 spiro atoms. The number of likely N-dealkylation sites (tertiary alicyclic amines) is 1. The Hall–Kier alpha value is -1.74. The van der Waals surface area contributed by atoms with Crippen LogP contribution in [0.15, 0.2) is 18.2 Å². The molecule has 9 heteroatoms. The summed E-state index contributed by atoms with van der Waals surface area (Å²) in [5.41, 5.74) is 2.49. The average molecular weight is 542 g/mol. The van der Waals surface area contributed by atoms with Gasteiger partial charge in [0.15, 0.2) is 6.61 Å². The number of nitrogens with zero attached hydrogens (tertiary/aromatic N) is 1. The van der Waals surface area contributed by atoms with Gasteiger partial charge in [-0.25, -0.2) is 0 Å². The average Bonchev–Trinajstić information content (AvgIpc) is 3.30. The molecule has 0 unspecified atom stereocenters. The smallest absolute Gasteiger partial charge is 0.326 e. The number of carbonyl (C=O) groups excluding carboxylic acids is 4. The van der Waals surface area contributed by atoms with Crippen LogP contribution in [-0.2, 0) is 23.9 Å². The number of alkyl halides is 2. The lowest BCUT2D eigenvalue weighted by Crippen LogP contribution is -2.38. The van der Waals surface area contributed by atoms with Crippen molar-refractivity contribution in [2.45, 2.75) is 29.9 Å². The number of fused-ring (bicyclic) bond motifs is 5. The van der Waals surface area contributed by atoms with E-state index in [-0.39, 0.29) is 45.1 Å². The van der Waals surface area contributed by atoms with Gasteiger partial charge in [-0.05, 0) is 43.2 Å². The van der Waals surface area contributed by atoms with Crippen LogP contribution in [0.1, 0.15) is 17.5 Å². The molecule has 0 aromatic heterocycles. The van der Waals surface area contributed by atoms with Gasteiger partial charge in [-0.2, -0.15) is 0 Å². The fraction of sp³-hybridized carbons (Fsp3) is 0.524. The number of imide groups is 1. The highest BCUT2D eigenvalue weighted by molar-refractivity contribution is 9.12. The van der Waals surface area contributed by atoms with Gasteiger partial charge in [0.1, 0.15) is 6.54 Å². The number of nitrogens with one attached hydrogen (secondary N) is 1. The number of carbonyl (C=O) groups is 4. The first-order chi connectivity index (χ1) is 14.2. The Balaban J connectivity index is 1.33. The topological polar surface area (TPSA) is 92.8 Å². The van der Waals surface area contributed by atoms with Gasteiger partial charge >= 0.3 is 5.97 Å². The summed E-state index contributed by atoms with van der Waals surface area (Å²) in [5.74, 6) is -2.43.